The first-order valence-corrected chi connectivity index (χ1v) is 13.0. The van der Waals surface area contributed by atoms with E-state index in [9.17, 15) is 29.4 Å². The molecule has 0 fully saturated rings. The van der Waals surface area contributed by atoms with E-state index in [1.165, 1.54) is 18.7 Å². The number of rotatable bonds is 15. The Morgan fingerprint density at radius 2 is 1.57 bits per heavy atom. The van der Waals surface area contributed by atoms with E-state index in [4.69, 9.17) is 5.73 Å². The zero-order valence-electron chi connectivity index (χ0n) is 20.7. The predicted molar refractivity (Wildman–Crippen MR) is 136 cm³/mol. The summed E-state index contributed by atoms with van der Waals surface area (Å²) in [4.78, 5) is 50.3. The molecule has 6 atom stereocenters. The van der Waals surface area contributed by atoms with E-state index in [0.717, 1.165) is 5.56 Å². The number of carboxylic acids is 1. The van der Waals surface area contributed by atoms with Crippen molar-refractivity contribution < 1.29 is 29.4 Å². The van der Waals surface area contributed by atoms with Gasteiger partial charge in [0.05, 0.1) is 6.10 Å². The van der Waals surface area contributed by atoms with E-state index in [0.29, 0.717) is 12.2 Å². The lowest BCUT2D eigenvalue weighted by Gasteiger charge is -2.28. The minimum atomic E-state index is -1.21. The van der Waals surface area contributed by atoms with Gasteiger partial charge < -0.3 is 31.9 Å². The lowest BCUT2D eigenvalue weighted by Crippen LogP contribution is -2.59. The molecule has 1 aromatic rings. The lowest BCUT2D eigenvalue weighted by atomic mass is 9.96. The van der Waals surface area contributed by atoms with E-state index in [-0.39, 0.29) is 18.8 Å². The van der Waals surface area contributed by atoms with Gasteiger partial charge in [-0.05, 0) is 36.8 Å². The molecule has 1 aromatic carbocycles. The maximum atomic E-state index is 13.1. The number of thioether (sulfide) groups is 1. The summed E-state index contributed by atoms with van der Waals surface area (Å²) in [5.41, 5.74) is 6.43. The second-order valence-electron chi connectivity index (χ2n) is 8.57. The first-order valence-electron chi connectivity index (χ1n) is 11.6. The molecule has 0 heterocycles. The van der Waals surface area contributed by atoms with Gasteiger partial charge in [0.2, 0.25) is 17.7 Å². The van der Waals surface area contributed by atoms with Crippen molar-refractivity contribution in [3.63, 3.8) is 0 Å². The van der Waals surface area contributed by atoms with Crippen molar-refractivity contribution in [3.8, 4) is 0 Å². The molecule has 0 aliphatic rings. The monoisotopic (exact) mass is 510 g/mol. The molecule has 1 rings (SSSR count). The fraction of sp³-hybridized carbons (Fsp3) is 0.583. The second-order valence-corrected chi connectivity index (χ2v) is 9.56. The highest BCUT2D eigenvalue weighted by molar-refractivity contribution is 7.98. The smallest absolute Gasteiger partial charge is 0.326 e. The van der Waals surface area contributed by atoms with Crippen LogP contribution in [0.1, 0.15) is 39.2 Å². The fourth-order valence-electron chi connectivity index (χ4n) is 3.26. The Balaban J connectivity index is 3.01. The molecule has 0 aromatic heterocycles. The van der Waals surface area contributed by atoms with Crippen molar-refractivity contribution in [2.24, 2.45) is 11.7 Å². The molecular formula is C24H38N4O6S. The summed E-state index contributed by atoms with van der Waals surface area (Å²) in [6.45, 7) is 5.00. The quantitative estimate of drug-likeness (QED) is 0.195. The van der Waals surface area contributed by atoms with Gasteiger partial charge in [-0.25, -0.2) is 4.79 Å². The highest BCUT2D eigenvalue weighted by Crippen LogP contribution is 2.11. The molecule has 3 amide bonds. The number of hydrogen-bond donors (Lipinski definition) is 6. The largest absolute Gasteiger partial charge is 0.480 e. The number of aliphatic hydroxyl groups is 1. The number of aliphatic carboxylic acids is 1. The van der Waals surface area contributed by atoms with Crippen molar-refractivity contribution in [2.75, 3.05) is 12.0 Å². The number of carboxylic acid groups (broad SMARTS) is 1. The van der Waals surface area contributed by atoms with Crippen molar-refractivity contribution >= 4 is 35.5 Å². The summed E-state index contributed by atoms with van der Waals surface area (Å²) in [7, 11) is 0. The van der Waals surface area contributed by atoms with Gasteiger partial charge in [0.1, 0.15) is 24.2 Å². The van der Waals surface area contributed by atoms with Crippen LogP contribution in [-0.2, 0) is 25.6 Å². The number of carbonyl (C=O) groups excluding carboxylic acids is 3. The summed E-state index contributed by atoms with van der Waals surface area (Å²) in [6.07, 6.45) is 1.67. The van der Waals surface area contributed by atoms with Gasteiger partial charge in [-0.2, -0.15) is 11.8 Å². The number of benzene rings is 1. The first-order chi connectivity index (χ1) is 16.5. The highest BCUT2D eigenvalue weighted by Gasteiger charge is 2.33. The Labute approximate surface area is 210 Å². The summed E-state index contributed by atoms with van der Waals surface area (Å²) in [6, 6.07) is 4.55. The van der Waals surface area contributed by atoms with Crippen LogP contribution >= 0.6 is 11.8 Å². The first kappa shape index (κ1) is 30.4. The Hall–Kier alpha value is -2.63. The van der Waals surface area contributed by atoms with E-state index in [2.05, 4.69) is 16.0 Å². The molecular weight excluding hydrogens is 472 g/mol. The maximum Gasteiger partial charge on any atom is 0.326 e. The van der Waals surface area contributed by atoms with Crippen molar-refractivity contribution in [2.45, 2.75) is 70.3 Å². The molecule has 0 spiro atoms. The molecule has 6 unspecified atom stereocenters. The fourth-order valence-corrected chi connectivity index (χ4v) is 3.73. The number of hydrogen-bond acceptors (Lipinski definition) is 7. The van der Waals surface area contributed by atoms with Gasteiger partial charge in [0, 0.05) is 6.42 Å². The summed E-state index contributed by atoms with van der Waals surface area (Å²) in [5, 5.41) is 27.0. The molecule has 7 N–H and O–H groups in total. The van der Waals surface area contributed by atoms with E-state index < -0.39 is 54.0 Å². The molecule has 0 bridgehead atoms. The molecule has 0 aliphatic heterocycles. The maximum absolute atomic E-state index is 13.1. The molecule has 0 radical (unpaired) electrons. The van der Waals surface area contributed by atoms with Gasteiger partial charge in [0.25, 0.3) is 0 Å². The molecule has 0 saturated carbocycles. The molecule has 0 saturated heterocycles. The van der Waals surface area contributed by atoms with Crippen LogP contribution in [0.3, 0.4) is 0 Å². The number of amides is 3. The third-order valence-corrected chi connectivity index (χ3v) is 6.40. The van der Waals surface area contributed by atoms with Gasteiger partial charge >= 0.3 is 5.97 Å². The summed E-state index contributed by atoms with van der Waals surface area (Å²) >= 11 is 1.48. The standard InChI is InChI=1S/C24H38N4O6S/c1-5-14(2)20(23(32)27-18(24(33)34)13-16-9-7-6-8-10-16)28-21(30)17(11-12-35-4)26-22(31)19(25)15(3)29/h6-10,14-15,17-20,29H,5,11-13,25H2,1-4H3,(H,26,31)(H,27,32)(H,28,30)(H,33,34). The van der Waals surface area contributed by atoms with Gasteiger partial charge in [0.15, 0.2) is 0 Å². The molecule has 0 aliphatic carbocycles. The molecule has 35 heavy (non-hydrogen) atoms. The Kier molecular flexibility index (Phi) is 13.4. The average Bonchev–Trinajstić information content (AvgIpc) is 2.83. The van der Waals surface area contributed by atoms with E-state index in [1.54, 1.807) is 31.2 Å². The lowest BCUT2D eigenvalue weighted by molar-refractivity contribution is -0.142. The Morgan fingerprint density at radius 1 is 0.971 bits per heavy atom. The second kappa shape index (κ2) is 15.4. The third-order valence-electron chi connectivity index (χ3n) is 5.76. The van der Waals surface area contributed by atoms with Crippen LogP contribution in [0.5, 0.6) is 0 Å². The van der Waals surface area contributed by atoms with Crippen LogP contribution in [0.2, 0.25) is 0 Å². The van der Waals surface area contributed by atoms with Crippen LogP contribution in [0.4, 0.5) is 0 Å². The number of nitrogens with two attached hydrogens (primary N) is 1. The zero-order valence-corrected chi connectivity index (χ0v) is 21.5. The van der Waals surface area contributed by atoms with Crippen LogP contribution in [-0.4, -0.2) is 76.2 Å². The molecule has 196 valence electrons. The van der Waals surface area contributed by atoms with E-state index in [1.807, 2.05) is 19.2 Å². The summed E-state index contributed by atoms with van der Waals surface area (Å²) < 4.78 is 0. The third kappa shape index (κ3) is 10.3. The van der Waals surface area contributed by atoms with Crippen LogP contribution in [0.15, 0.2) is 30.3 Å². The van der Waals surface area contributed by atoms with Crippen LogP contribution in [0.25, 0.3) is 0 Å². The van der Waals surface area contributed by atoms with Gasteiger partial charge in [-0.1, -0.05) is 50.6 Å². The summed E-state index contributed by atoms with van der Waals surface area (Å²) in [5.74, 6) is -2.82. The average molecular weight is 511 g/mol. The molecule has 10 nitrogen and oxygen atoms in total. The Bertz CT molecular complexity index is 839. The number of nitrogens with one attached hydrogen (secondary N) is 3. The minimum Gasteiger partial charge on any atom is -0.480 e. The van der Waals surface area contributed by atoms with Crippen molar-refractivity contribution in [1.29, 1.82) is 0 Å². The Morgan fingerprint density at radius 3 is 2.09 bits per heavy atom. The van der Waals surface area contributed by atoms with Gasteiger partial charge in [-0.15, -0.1) is 0 Å². The minimum absolute atomic E-state index is 0.0900. The number of carbonyl (C=O) groups is 4. The number of aliphatic hydroxyl groups excluding tert-OH is 1. The topological polar surface area (TPSA) is 171 Å². The molecule has 11 heteroatoms. The SMILES string of the molecule is CCC(C)C(NC(=O)C(CCSC)NC(=O)C(N)C(C)O)C(=O)NC(Cc1ccccc1)C(=O)O. The van der Waals surface area contributed by atoms with Crippen LogP contribution in [0, 0.1) is 5.92 Å². The van der Waals surface area contributed by atoms with Crippen molar-refractivity contribution in [1.82, 2.24) is 16.0 Å². The normalized spacial score (nSPS) is 16.2. The highest BCUT2D eigenvalue weighted by atomic mass is 32.2. The van der Waals surface area contributed by atoms with Gasteiger partial charge in [-0.3, -0.25) is 14.4 Å². The van der Waals surface area contributed by atoms with Crippen LogP contribution < -0.4 is 21.7 Å². The van der Waals surface area contributed by atoms with Crippen molar-refractivity contribution in [3.05, 3.63) is 35.9 Å². The van der Waals surface area contributed by atoms with E-state index >= 15 is 0 Å². The predicted octanol–water partition coefficient (Wildman–Crippen LogP) is 0.275. The zero-order chi connectivity index (χ0) is 26.5.